The Morgan fingerprint density at radius 3 is 2.42 bits per heavy atom. The van der Waals surface area contributed by atoms with Crippen LogP contribution in [0.3, 0.4) is 0 Å². The molecule has 0 atom stereocenters. The van der Waals surface area contributed by atoms with E-state index in [0.717, 1.165) is 24.4 Å². The highest BCUT2D eigenvalue weighted by molar-refractivity contribution is 7.95. The Balaban J connectivity index is 2.33. The number of fused-ring (bicyclic) bond motifs is 1. The van der Waals surface area contributed by atoms with Crippen LogP contribution < -0.4 is 4.90 Å². The van der Waals surface area contributed by atoms with Crippen LogP contribution in [-0.4, -0.2) is 8.42 Å². The lowest BCUT2D eigenvalue weighted by Gasteiger charge is -2.29. The Morgan fingerprint density at radius 2 is 1.81 bits per heavy atom. The lowest BCUT2D eigenvalue weighted by Crippen LogP contribution is -2.22. The summed E-state index contributed by atoms with van der Waals surface area (Å²) in [5.74, 6) is 0. The van der Waals surface area contributed by atoms with E-state index >= 15 is 0 Å². The van der Waals surface area contributed by atoms with Gasteiger partial charge in [0.15, 0.2) is 4.91 Å². The minimum atomic E-state index is -4.60. The van der Waals surface area contributed by atoms with E-state index in [2.05, 4.69) is 0 Å². The molecule has 0 aliphatic carbocycles. The molecule has 134 valence electrons. The molecule has 0 unspecified atom stereocenters. The van der Waals surface area contributed by atoms with Crippen LogP contribution >= 0.6 is 11.6 Å². The van der Waals surface area contributed by atoms with E-state index in [9.17, 15) is 26.9 Å². The molecule has 26 heavy (non-hydrogen) atoms. The molecule has 0 amide bonds. The largest absolute Gasteiger partial charge is 0.416 e. The van der Waals surface area contributed by atoms with E-state index in [-0.39, 0.29) is 21.3 Å². The molecule has 2 aromatic carbocycles. The summed E-state index contributed by atoms with van der Waals surface area (Å²) >= 11 is 6.08. The molecule has 0 saturated heterocycles. The van der Waals surface area contributed by atoms with Gasteiger partial charge in [-0.2, -0.15) is 18.4 Å². The van der Waals surface area contributed by atoms with E-state index in [1.54, 1.807) is 19.1 Å². The molecule has 4 nitrogen and oxygen atoms in total. The second kappa shape index (κ2) is 6.04. The number of rotatable bonds is 1. The molecule has 0 radical (unpaired) electrons. The predicted molar refractivity (Wildman–Crippen MR) is 90.7 cm³/mol. The zero-order valence-electron chi connectivity index (χ0n) is 13.2. The van der Waals surface area contributed by atoms with Crippen molar-refractivity contribution in [2.75, 3.05) is 4.90 Å². The fourth-order valence-electron chi connectivity index (χ4n) is 2.58. The summed E-state index contributed by atoms with van der Waals surface area (Å²) in [6.07, 6.45) is -3.61. The molecule has 0 fully saturated rings. The van der Waals surface area contributed by atoms with Gasteiger partial charge in [-0.25, -0.2) is 8.42 Å². The maximum absolute atomic E-state index is 13.1. The average molecular weight is 399 g/mol. The Hall–Kier alpha value is -2.50. The predicted octanol–water partition coefficient (Wildman–Crippen LogP) is 4.96. The molecule has 9 heteroatoms. The number of sulfone groups is 1. The Bertz CT molecular complexity index is 1090. The maximum Gasteiger partial charge on any atom is 0.416 e. The van der Waals surface area contributed by atoms with Gasteiger partial charge in [-0.05, 0) is 42.8 Å². The van der Waals surface area contributed by atoms with Crippen molar-refractivity contribution in [3.63, 3.8) is 0 Å². The molecule has 1 aliphatic rings. The number of nitriles is 1. The van der Waals surface area contributed by atoms with Gasteiger partial charge in [-0.15, -0.1) is 0 Å². The molecule has 0 aromatic heterocycles. The topological polar surface area (TPSA) is 61.2 Å². The maximum atomic E-state index is 13.1. The Kier molecular flexibility index (Phi) is 4.25. The second-order valence-corrected chi connectivity index (χ2v) is 7.91. The standard InChI is InChI=1S/C17H10ClF3N2O2S/c1-10-2-5-16-15(6-10)23(9-12(8-22)26(16,24)25)14-7-11(17(19,20)21)3-4-13(14)18/h2-7,9H,1H3. The van der Waals surface area contributed by atoms with Gasteiger partial charge in [0, 0.05) is 6.20 Å². The number of alkyl halides is 3. The molecule has 0 N–H and O–H groups in total. The first kappa shape index (κ1) is 18.3. The number of anilines is 2. The number of aryl methyl sites for hydroxylation is 1. The fourth-order valence-corrected chi connectivity index (χ4v) is 4.07. The zero-order valence-corrected chi connectivity index (χ0v) is 14.7. The second-order valence-electron chi connectivity index (χ2n) is 5.61. The van der Waals surface area contributed by atoms with Crippen molar-refractivity contribution in [1.82, 2.24) is 0 Å². The molecule has 0 saturated carbocycles. The third kappa shape index (κ3) is 2.93. The number of hydrogen-bond acceptors (Lipinski definition) is 4. The molecule has 1 aliphatic heterocycles. The minimum absolute atomic E-state index is 0.0155. The molecule has 0 bridgehead atoms. The quantitative estimate of drug-likeness (QED) is 0.681. The molecular weight excluding hydrogens is 389 g/mol. The van der Waals surface area contributed by atoms with Crippen molar-refractivity contribution in [2.45, 2.75) is 18.0 Å². The number of hydrogen-bond donors (Lipinski definition) is 0. The molecule has 3 rings (SSSR count). The first-order chi connectivity index (χ1) is 12.1. The van der Waals surface area contributed by atoms with Crippen LogP contribution in [0, 0.1) is 18.3 Å². The van der Waals surface area contributed by atoms with Gasteiger partial charge < -0.3 is 4.90 Å². The molecular formula is C17H10ClF3N2O2S. The first-order valence-corrected chi connectivity index (χ1v) is 9.05. The van der Waals surface area contributed by atoms with Gasteiger partial charge in [-0.3, -0.25) is 0 Å². The van der Waals surface area contributed by atoms with Gasteiger partial charge >= 0.3 is 6.18 Å². The lowest BCUT2D eigenvalue weighted by molar-refractivity contribution is -0.137. The summed E-state index contributed by atoms with van der Waals surface area (Å²) in [6.45, 7) is 1.71. The highest BCUT2D eigenvalue weighted by Crippen LogP contribution is 2.43. The molecule has 0 spiro atoms. The highest BCUT2D eigenvalue weighted by Gasteiger charge is 2.35. The smallest absolute Gasteiger partial charge is 0.312 e. The van der Waals surface area contributed by atoms with Crippen molar-refractivity contribution in [1.29, 1.82) is 5.26 Å². The Labute approximate surface area is 152 Å². The van der Waals surface area contributed by atoms with Crippen molar-refractivity contribution in [2.24, 2.45) is 0 Å². The van der Waals surface area contributed by atoms with Crippen molar-refractivity contribution >= 4 is 32.8 Å². The van der Waals surface area contributed by atoms with Crippen molar-refractivity contribution in [3.05, 3.63) is 63.7 Å². The first-order valence-electron chi connectivity index (χ1n) is 7.19. The van der Waals surface area contributed by atoms with Gasteiger partial charge in [0.05, 0.1) is 26.9 Å². The van der Waals surface area contributed by atoms with Gasteiger partial charge in [0.1, 0.15) is 6.07 Å². The Morgan fingerprint density at radius 1 is 1.12 bits per heavy atom. The van der Waals surface area contributed by atoms with E-state index in [1.807, 2.05) is 0 Å². The molecule has 2 aromatic rings. The molecule has 1 heterocycles. The number of halogens is 4. The number of nitrogens with zero attached hydrogens (tertiary/aromatic N) is 2. The van der Waals surface area contributed by atoms with Crippen molar-refractivity contribution < 1.29 is 21.6 Å². The number of benzene rings is 2. The summed E-state index contributed by atoms with van der Waals surface area (Å²) < 4.78 is 64.2. The van der Waals surface area contributed by atoms with Crippen molar-refractivity contribution in [3.8, 4) is 6.07 Å². The summed E-state index contributed by atoms with van der Waals surface area (Å²) in [7, 11) is -4.05. The summed E-state index contributed by atoms with van der Waals surface area (Å²) in [4.78, 5) is 0.442. The minimum Gasteiger partial charge on any atom is -0.312 e. The van der Waals surface area contributed by atoms with E-state index in [4.69, 9.17) is 11.6 Å². The zero-order chi connectivity index (χ0) is 19.3. The van der Waals surface area contributed by atoms with Gasteiger partial charge in [0.25, 0.3) is 0 Å². The summed E-state index contributed by atoms with van der Waals surface area (Å²) in [5, 5.41) is 9.17. The van der Waals surface area contributed by atoms with Crippen LogP contribution in [0.15, 0.2) is 52.4 Å². The van der Waals surface area contributed by atoms with Crippen LogP contribution in [0.25, 0.3) is 0 Å². The summed E-state index contributed by atoms with van der Waals surface area (Å²) in [5.41, 5.74) is -0.187. The normalized spacial score (nSPS) is 15.8. The van der Waals surface area contributed by atoms with Crippen LogP contribution in [0.5, 0.6) is 0 Å². The van der Waals surface area contributed by atoms with E-state index in [1.165, 1.54) is 17.0 Å². The van der Waals surface area contributed by atoms with Crippen LogP contribution in [0.1, 0.15) is 11.1 Å². The van der Waals surface area contributed by atoms with Gasteiger partial charge in [0.2, 0.25) is 9.84 Å². The average Bonchev–Trinajstić information content (AvgIpc) is 2.54. The lowest BCUT2D eigenvalue weighted by atomic mass is 10.1. The van der Waals surface area contributed by atoms with E-state index in [0.29, 0.717) is 5.56 Å². The van der Waals surface area contributed by atoms with Crippen LogP contribution in [0.4, 0.5) is 24.5 Å². The third-order valence-electron chi connectivity index (χ3n) is 3.84. The highest BCUT2D eigenvalue weighted by atomic mass is 35.5. The monoisotopic (exact) mass is 398 g/mol. The summed E-state index contributed by atoms with van der Waals surface area (Å²) in [6, 6.07) is 8.68. The number of allylic oxidation sites excluding steroid dienone is 1. The van der Waals surface area contributed by atoms with Gasteiger partial charge in [-0.1, -0.05) is 17.7 Å². The SMILES string of the molecule is Cc1ccc2c(c1)N(c1cc(C(F)(F)F)ccc1Cl)C=C(C#N)S2(=O)=O. The fraction of sp³-hybridized carbons (Fsp3) is 0.118. The van der Waals surface area contributed by atoms with E-state index < -0.39 is 26.5 Å². The third-order valence-corrected chi connectivity index (χ3v) is 5.86. The van der Waals surface area contributed by atoms with Crippen LogP contribution in [0.2, 0.25) is 5.02 Å². The van der Waals surface area contributed by atoms with Crippen LogP contribution in [-0.2, 0) is 16.0 Å².